The SMILES string of the molecule is COc1ccc(C(C)(C=O)c2ccccc2)cc1. The molecular weight excluding hydrogens is 224 g/mol. The van der Waals surface area contributed by atoms with Crippen molar-refractivity contribution in [1.82, 2.24) is 0 Å². The molecule has 0 radical (unpaired) electrons. The van der Waals surface area contributed by atoms with Crippen molar-refractivity contribution in [3.05, 3.63) is 65.7 Å². The highest BCUT2D eigenvalue weighted by Crippen LogP contribution is 2.30. The first-order valence-corrected chi connectivity index (χ1v) is 5.87. The van der Waals surface area contributed by atoms with Crippen molar-refractivity contribution in [2.45, 2.75) is 12.3 Å². The summed E-state index contributed by atoms with van der Waals surface area (Å²) in [5.74, 6) is 0.792. The molecule has 92 valence electrons. The molecule has 0 aliphatic carbocycles. The molecule has 0 N–H and O–H groups in total. The van der Waals surface area contributed by atoms with Crippen LogP contribution in [0.1, 0.15) is 18.1 Å². The van der Waals surface area contributed by atoms with Crippen LogP contribution >= 0.6 is 0 Å². The number of rotatable bonds is 4. The van der Waals surface area contributed by atoms with E-state index in [0.717, 1.165) is 23.2 Å². The Morgan fingerprint density at radius 3 is 2.00 bits per heavy atom. The monoisotopic (exact) mass is 240 g/mol. The number of ether oxygens (including phenoxy) is 1. The van der Waals surface area contributed by atoms with E-state index < -0.39 is 5.41 Å². The van der Waals surface area contributed by atoms with Crippen molar-refractivity contribution in [3.8, 4) is 5.75 Å². The third kappa shape index (κ3) is 2.14. The quantitative estimate of drug-likeness (QED) is 0.767. The van der Waals surface area contributed by atoms with Crippen LogP contribution in [0.3, 0.4) is 0 Å². The maximum Gasteiger partial charge on any atom is 0.134 e. The van der Waals surface area contributed by atoms with Crippen LogP contribution in [-0.2, 0) is 10.2 Å². The molecule has 0 spiro atoms. The van der Waals surface area contributed by atoms with Crippen molar-refractivity contribution in [2.75, 3.05) is 7.11 Å². The van der Waals surface area contributed by atoms with Crippen molar-refractivity contribution in [2.24, 2.45) is 0 Å². The molecule has 0 bridgehead atoms. The maximum atomic E-state index is 11.6. The van der Waals surface area contributed by atoms with E-state index in [0.29, 0.717) is 0 Å². The summed E-state index contributed by atoms with van der Waals surface area (Å²) in [6, 6.07) is 17.4. The zero-order valence-corrected chi connectivity index (χ0v) is 10.6. The zero-order valence-electron chi connectivity index (χ0n) is 10.6. The highest BCUT2D eigenvalue weighted by molar-refractivity contribution is 5.74. The van der Waals surface area contributed by atoms with Gasteiger partial charge >= 0.3 is 0 Å². The number of hydrogen-bond donors (Lipinski definition) is 0. The molecule has 0 fully saturated rings. The molecule has 2 rings (SSSR count). The van der Waals surface area contributed by atoms with Gasteiger partial charge in [0.15, 0.2) is 0 Å². The average molecular weight is 240 g/mol. The van der Waals surface area contributed by atoms with Gasteiger partial charge in [-0.05, 0) is 30.2 Å². The maximum absolute atomic E-state index is 11.6. The summed E-state index contributed by atoms with van der Waals surface area (Å²) in [5.41, 5.74) is 1.34. The average Bonchev–Trinajstić information content (AvgIpc) is 2.47. The molecule has 0 saturated heterocycles. The zero-order chi connectivity index (χ0) is 13.0. The Kier molecular flexibility index (Phi) is 3.47. The molecule has 2 nitrogen and oxygen atoms in total. The summed E-state index contributed by atoms with van der Waals surface area (Å²) in [5, 5.41) is 0. The number of carbonyl (C=O) groups excluding carboxylic acids is 1. The largest absolute Gasteiger partial charge is 0.497 e. The third-order valence-electron chi connectivity index (χ3n) is 3.30. The van der Waals surface area contributed by atoms with E-state index in [1.165, 1.54) is 0 Å². The van der Waals surface area contributed by atoms with Crippen LogP contribution in [0.4, 0.5) is 0 Å². The standard InChI is InChI=1S/C16H16O2/c1-16(12-17,13-6-4-3-5-7-13)14-8-10-15(18-2)11-9-14/h3-12H,1-2H3. The lowest BCUT2D eigenvalue weighted by Crippen LogP contribution is -2.25. The summed E-state index contributed by atoms with van der Waals surface area (Å²) in [7, 11) is 1.63. The topological polar surface area (TPSA) is 26.3 Å². The fourth-order valence-electron chi connectivity index (χ4n) is 2.02. The second-order valence-electron chi connectivity index (χ2n) is 4.41. The van der Waals surface area contributed by atoms with Gasteiger partial charge in [0.05, 0.1) is 12.5 Å². The Hall–Kier alpha value is -2.09. The first kappa shape index (κ1) is 12.4. The van der Waals surface area contributed by atoms with E-state index in [2.05, 4.69) is 0 Å². The smallest absolute Gasteiger partial charge is 0.134 e. The van der Waals surface area contributed by atoms with E-state index in [9.17, 15) is 4.79 Å². The van der Waals surface area contributed by atoms with Gasteiger partial charge < -0.3 is 9.53 Å². The molecule has 2 aromatic rings. The predicted molar refractivity (Wildman–Crippen MR) is 72.0 cm³/mol. The Morgan fingerprint density at radius 1 is 0.944 bits per heavy atom. The lowest BCUT2D eigenvalue weighted by atomic mass is 9.77. The molecule has 0 aromatic heterocycles. The minimum Gasteiger partial charge on any atom is -0.497 e. The van der Waals surface area contributed by atoms with Crippen molar-refractivity contribution in [3.63, 3.8) is 0 Å². The molecule has 0 aliphatic heterocycles. The molecule has 2 heteroatoms. The molecule has 2 aromatic carbocycles. The summed E-state index contributed by atoms with van der Waals surface area (Å²) < 4.78 is 5.13. The second-order valence-corrected chi connectivity index (χ2v) is 4.41. The molecule has 1 atom stereocenters. The van der Waals surface area contributed by atoms with Crippen LogP contribution in [0.5, 0.6) is 5.75 Å². The van der Waals surface area contributed by atoms with Crippen molar-refractivity contribution < 1.29 is 9.53 Å². The van der Waals surface area contributed by atoms with Crippen LogP contribution in [-0.4, -0.2) is 13.4 Å². The van der Waals surface area contributed by atoms with Crippen LogP contribution < -0.4 is 4.74 Å². The minimum absolute atomic E-state index is 0.618. The van der Waals surface area contributed by atoms with E-state index in [4.69, 9.17) is 4.74 Å². The van der Waals surface area contributed by atoms with Crippen LogP contribution in [0.2, 0.25) is 0 Å². The van der Waals surface area contributed by atoms with Crippen LogP contribution in [0.15, 0.2) is 54.6 Å². The Morgan fingerprint density at radius 2 is 1.50 bits per heavy atom. The van der Waals surface area contributed by atoms with Gasteiger partial charge in [0, 0.05) is 0 Å². The van der Waals surface area contributed by atoms with E-state index >= 15 is 0 Å². The van der Waals surface area contributed by atoms with E-state index in [-0.39, 0.29) is 0 Å². The lowest BCUT2D eigenvalue weighted by molar-refractivity contribution is -0.110. The van der Waals surface area contributed by atoms with Gasteiger partial charge in [-0.25, -0.2) is 0 Å². The van der Waals surface area contributed by atoms with Crippen LogP contribution in [0, 0.1) is 0 Å². The number of aldehydes is 1. The van der Waals surface area contributed by atoms with Crippen molar-refractivity contribution >= 4 is 6.29 Å². The summed E-state index contributed by atoms with van der Waals surface area (Å²) >= 11 is 0. The summed E-state index contributed by atoms with van der Waals surface area (Å²) in [6.45, 7) is 1.93. The number of methoxy groups -OCH3 is 1. The van der Waals surface area contributed by atoms with Gasteiger partial charge in [-0.15, -0.1) is 0 Å². The Bertz CT molecular complexity index is 517. The molecule has 0 saturated carbocycles. The molecular formula is C16H16O2. The van der Waals surface area contributed by atoms with Gasteiger partial charge in [-0.3, -0.25) is 0 Å². The Balaban J connectivity index is 2.46. The summed E-state index contributed by atoms with van der Waals surface area (Å²) in [4.78, 5) is 11.6. The normalized spacial score (nSPS) is 13.7. The molecule has 1 unspecified atom stereocenters. The lowest BCUT2D eigenvalue weighted by Gasteiger charge is -2.24. The fourth-order valence-corrected chi connectivity index (χ4v) is 2.02. The van der Waals surface area contributed by atoms with E-state index in [1.807, 2.05) is 61.5 Å². The second kappa shape index (κ2) is 5.05. The first-order chi connectivity index (χ1) is 8.70. The fraction of sp³-hybridized carbons (Fsp3) is 0.188. The van der Waals surface area contributed by atoms with Crippen LogP contribution in [0.25, 0.3) is 0 Å². The molecule has 0 aliphatic rings. The van der Waals surface area contributed by atoms with Gasteiger partial charge in [0.25, 0.3) is 0 Å². The van der Waals surface area contributed by atoms with Crippen molar-refractivity contribution in [1.29, 1.82) is 0 Å². The highest BCUT2D eigenvalue weighted by Gasteiger charge is 2.28. The molecule has 18 heavy (non-hydrogen) atoms. The third-order valence-corrected chi connectivity index (χ3v) is 3.30. The summed E-state index contributed by atoms with van der Waals surface area (Å²) in [6.07, 6.45) is 0.990. The molecule has 0 amide bonds. The van der Waals surface area contributed by atoms with Gasteiger partial charge in [0.2, 0.25) is 0 Å². The number of carbonyl (C=O) groups is 1. The highest BCUT2D eigenvalue weighted by atomic mass is 16.5. The number of hydrogen-bond acceptors (Lipinski definition) is 2. The van der Waals surface area contributed by atoms with Gasteiger partial charge in [-0.2, -0.15) is 0 Å². The van der Waals surface area contributed by atoms with Gasteiger partial charge in [0.1, 0.15) is 12.0 Å². The predicted octanol–water partition coefficient (Wildman–Crippen LogP) is 3.20. The van der Waals surface area contributed by atoms with Gasteiger partial charge in [-0.1, -0.05) is 42.5 Å². The Labute approximate surface area is 107 Å². The number of benzene rings is 2. The van der Waals surface area contributed by atoms with E-state index in [1.54, 1.807) is 7.11 Å². The first-order valence-electron chi connectivity index (χ1n) is 5.87. The minimum atomic E-state index is -0.618. The molecule has 0 heterocycles.